The van der Waals surface area contributed by atoms with Gasteiger partial charge in [0.15, 0.2) is 5.82 Å². The van der Waals surface area contributed by atoms with Gasteiger partial charge < -0.3 is 9.42 Å². The number of hydrogen-bond donors (Lipinski definition) is 0. The minimum Gasteiger partial charge on any atom is -0.339 e. The minimum absolute atomic E-state index is 0.0173. The van der Waals surface area contributed by atoms with Crippen LogP contribution in [0.15, 0.2) is 40.9 Å². The van der Waals surface area contributed by atoms with Crippen LogP contribution in [0, 0.1) is 0 Å². The Morgan fingerprint density at radius 1 is 1.32 bits per heavy atom. The molecule has 1 aromatic heterocycles. The molecule has 114 valence electrons. The molecule has 0 N–H and O–H groups in total. The number of hydrogen-bond acceptors (Lipinski definition) is 4. The molecule has 0 spiro atoms. The fourth-order valence-corrected chi connectivity index (χ4v) is 2.30. The Morgan fingerprint density at radius 3 is 2.68 bits per heavy atom. The van der Waals surface area contributed by atoms with Crippen LogP contribution in [0.25, 0.3) is 6.08 Å². The predicted octanol–water partition coefficient (Wildman–Crippen LogP) is 2.83. The quantitative estimate of drug-likeness (QED) is 0.814. The first-order valence-electron chi connectivity index (χ1n) is 7.49. The lowest BCUT2D eigenvalue weighted by Gasteiger charge is -2.36. The molecule has 1 amide bonds. The second-order valence-corrected chi connectivity index (χ2v) is 5.83. The Bertz CT molecular complexity index is 670. The molecule has 1 aliphatic rings. The Hall–Kier alpha value is -2.43. The number of rotatable bonds is 4. The second-order valence-electron chi connectivity index (χ2n) is 5.83. The van der Waals surface area contributed by atoms with Gasteiger partial charge in [0, 0.05) is 25.1 Å². The van der Waals surface area contributed by atoms with Crippen LogP contribution in [0.5, 0.6) is 0 Å². The van der Waals surface area contributed by atoms with Gasteiger partial charge >= 0.3 is 0 Å². The van der Waals surface area contributed by atoms with Crippen molar-refractivity contribution < 1.29 is 9.32 Å². The molecule has 22 heavy (non-hydrogen) atoms. The molecule has 0 aliphatic carbocycles. The van der Waals surface area contributed by atoms with Gasteiger partial charge in [0.05, 0.1) is 5.92 Å². The summed E-state index contributed by atoms with van der Waals surface area (Å²) >= 11 is 0. The molecule has 0 atom stereocenters. The summed E-state index contributed by atoms with van der Waals surface area (Å²) in [7, 11) is 0. The Labute approximate surface area is 129 Å². The molecule has 5 nitrogen and oxygen atoms in total. The highest BCUT2D eigenvalue weighted by molar-refractivity contribution is 5.92. The number of benzene rings is 1. The third-order valence-corrected chi connectivity index (χ3v) is 3.73. The zero-order valence-corrected chi connectivity index (χ0v) is 12.8. The molecule has 1 aromatic carbocycles. The standard InChI is InChI=1S/C17H19N3O2/c1-12(2)16-18-17(22-19-16)14-10-20(11-14)15(21)9-8-13-6-4-3-5-7-13/h3-9,12,14H,10-11H2,1-2H3/b9-8+. The topological polar surface area (TPSA) is 59.2 Å². The molecule has 0 bridgehead atoms. The zero-order chi connectivity index (χ0) is 15.5. The van der Waals surface area contributed by atoms with Crippen molar-refractivity contribution >= 4 is 12.0 Å². The van der Waals surface area contributed by atoms with Gasteiger partial charge in [-0.15, -0.1) is 0 Å². The van der Waals surface area contributed by atoms with Gasteiger partial charge in [0.25, 0.3) is 0 Å². The number of nitrogens with zero attached hydrogens (tertiary/aromatic N) is 3. The molecule has 0 saturated carbocycles. The predicted molar refractivity (Wildman–Crippen MR) is 83.2 cm³/mol. The van der Waals surface area contributed by atoms with Crippen molar-refractivity contribution in [3.05, 3.63) is 53.7 Å². The maximum absolute atomic E-state index is 12.1. The van der Waals surface area contributed by atoms with Gasteiger partial charge in [-0.3, -0.25) is 4.79 Å². The maximum atomic E-state index is 12.1. The van der Waals surface area contributed by atoms with Crippen LogP contribution in [0.1, 0.15) is 43.0 Å². The smallest absolute Gasteiger partial charge is 0.246 e. The van der Waals surface area contributed by atoms with Crippen LogP contribution in [0.4, 0.5) is 0 Å². The first kappa shape index (κ1) is 14.5. The summed E-state index contributed by atoms with van der Waals surface area (Å²) in [4.78, 5) is 18.2. The summed E-state index contributed by atoms with van der Waals surface area (Å²) in [6, 6.07) is 9.79. The Kier molecular flexibility index (Phi) is 4.04. The zero-order valence-electron chi connectivity index (χ0n) is 12.8. The molecular weight excluding hydrogens is 278 g/mol. The number of aromatic nitrogens is 2. The fourth-order valence-electron chi connectivity index (χ4n) is 2.30. The summed E-state index contributed by atoms with van der Waals surface area (Å²) in [6.07, 6.45) is 3.44. The number of carbonyl (C=O) groups is 1. The number of amides is 1. The van der Waals surface area contributed by atoms with E-state index >= 15 is 0 Å². The summed E-state index contributed by atoms with van der Waals surface area (Å²) < 4.78 is 5.27. The van der Waals surface area contributed by atoms with Crippen molar-refractivity contribution in [2.75, 3.05) is 13.1 Å². The van der Waals surface area contributed by atoms with Gasteiger partial charge in [0.1, 0.15) is 0 Å². The van der Waals surface area contributed by atoms with Crippen LogP contribution < -0.4 is 0 Å². The first-order chi connectivity index (χ1) is 10.6. The van der Waals surface area contributed by atoms with Crippen LogP contribution in [0.2, 0.25) is 0 Å². The minimum atomic E-state index is 0.0173. The molecule has 0 radical (unpaired) electrons. The Balaban J connectivity index is 1.54. The summed E-state index contributed by atoms with van der Waals surface area (Å²) in [6.45, 7) is 5.33. The van der Waals surface area contributed by atoms with E-state index in [2.05, 4.69) is 10.1 Å². The van der Waals surface area contributed by atoms with E-state index < -0.39 is 0 Å². The van der Waals surface area contributed by atoms with Gasteiger partial charge in [-0.1, -0.05) is 49.3 Å². The highest BCUT2D eigenvalue weighted by Gasteiger charge is 2.34. The van der Waals surface area contributed by atoms with E-state index in [1.165, 1.54) is 0 Å². The van der Waals surface area contributed by atoms with E-state index in [9.17, 15) is 4.79 Å². The second kappa shape index (κ2) is 6.13. The molecule has 3 rings (SSSR count). The van der Waals surface area contributed by atoms with E-state index in [1.54, 1.807) is 11.0 Å². The van der Waals surface area contributed by atoms with E-state index in [-0.39, 0.29) is 17.7 Å². The van der Waals surface area contributed by atoms with Crippen LogP contribution in [0.3, 0.4) is 0 Å². The van der Waals surface area contributed by atoms with Crippen LogP contribution in [-0.4, -0.2) is 34.0 Å². The lowest BCUT2D eigenvalue weighted by atomic mass is 10.00. The summed E-state index contributed by atoms with van der Waals surface area (Å²) in [5, 5.41) is 3.96. The molecule has 2 aromatic rings. The van der Waals surface area contributed by atoms with Gasteiger partial charge in [-0.2, -0.15) is 4.98 Å². The third-order valence-electron chi connectivity index (χ3n) is 3.73. The van der Waals surface area contributed by atoms with Crippen LogP contribution in [-0.2, 0) is 4.79 Å². The fraction of sp³-hybridized carbons (Fsp3) is 0.353. The van der Waals surface area contributed by atoms with Crippen LogP contribution >= 0.6 is 0 Å². The summed E-state index contributed by atoms with van der Waals surface area (Å²) in [5.41, 5.74) is 1.02. The van der Waals surface area contributed by atoms with Crippen molar-refractivity contribution in [3.8, 4) is 0 Å². The Morgan fingerprint density at radius 2 is 2.05 bits per heavy atom. The number of carbonyl (C=O) groups excluding carboxylic acids is 1. The largest absolute Gasteiger partial charge is 0.339 e. The van der Waals surface area contributed by atoms with Crippen molar-refractivity contribution in [2.24, 2.45) is 0 Å². The molecule has 1 aliphatic heterocycles. The highest BCUT2D eigenvalue weighted by atomic mass is 16.5. The highest BCUT2D eigenvalue weighted by Crippen LogP contribution is 2.27. The van der Waals surface area contributed by atoms with Crippen molar-refractivity contribution in [1.29, 1.82) is 0 Å². The number of likely N-dealkylation sites (tertiary alicyclic amines) is 1. The van der Waals surface area contributed by atoms with Crippen molar-refractivity contribution in [3.63, 3.8) is 0 Å². The molecule has 0 unspecified atom stereocenters. The van der Waals surface area contributed by atoms with E-state index in [0.717, 1.165) is 11.4 Å². The normalized spacial score (nSPS) is 15.5. The lowest BCUT2D eigenvalue weighted by molar-refractivity contribution is -0.130. The summed E-state index contributed by atoms with van der Waals surface area (Å²) in [5.74, 6) is 1.80. The van der Waals surface area contributed by atoms with E-state index in [4.69, 9.17) is 4.52 Å². The lowest BCUT2D eigenvalue weighted by Crippen LogP contribution is -2.47. The SMILES string of the molecule is CC(C)c1noc(C2CN(C(=O)/C=C/c3ccccc3)C2)n1. The third kappa shape index (κ3) is 3.08. The first-order valence-corrected chi connectivity index (χ1v) is 7.49. The van der Waals surface area contributed by atoms with Gasteiger partial charge in [0.2, 0.25) is 11.8 Å². The average molecular weight is 297 g/mol. The average Bonchev–Trinajstić information content (AvgIpc) is 2.94. The molecular formula is C17H19N3O2. The van der Waals surface area contributed by atoms with E-state index in [0.29, 0.717) is 19.0 Å². The molecule has 1 saturated heterocycles. The van der Waals surface area contributed by atoms with Crippen molar-refractivity contribution in [1.82, 2.24) is 15.0 Å². The monoisotopic (exact) mass is 297 g/mol. The molecule has 1 fully saturated rings. The maximum Gasteiger partial charge on any atom is 0.246 e. The van der Waals surface area contributed by atoms with E-state index in [1.807, 2.05) is 50.3 Å². The van der Waals surface area contributed by atoms with Crippen molar-refractivity contribution in [2.45, 2.75) is 25.7 Å². The van der Waals surface area contributed by atoms with Gasteiger partial charge in [-0.25, -0.2) is 0 Å². The molecule has 2 heterocycles. The molecule has 5 heteroatoms. The van der Waals surface area contributed by atoms with Gasteiger partial charge in [-0.05, 0) is 11.6 Å².